The Hall–Kier alpha value is -3.09. The zero-order chi connectivity index (χ0) is 21.0. The number of rotatable bonds is 7. The molecule has 2 N–H and O–H groups in total. The molecule has 1 amide bonds. The van der Waals surface area contributed by atoms with Crippen molar-refractivity contribution >= 4 is 22.8 Å². The summed E-state index contributed by atoms with van der Waals surface area (Å²) < 4.78 is 5.37. The second-order valence-electron chi connectivity index (χ2n) is 7.24. The summed E-state index contributed by atoms with van der Waals surface area (Å²) in [5.41, 5.74) is 1.47. The topological polar surface area (TPSA) is 113 Å². The van der Waals surface area contributed by atoms with Crippen molar-refractivity contribution in [3.8, 4) is 11.8 Å². The quantitative estimate of drug-likeness (QED) is 0.711. The molecule has 2 heterocycles. The van der Waals surface area contributed by atoms with E-state index >= 15 is 0 Å². The fourth-order valence-electron chi connectivity index (χ4n) is 3.55. The van der Waals surface area contributed by atoms with Gasteiger partial charge in [0.25, 0.3) is 0 Å². The van der Waals surface area contributed by atoms with Crippen LogP contribution in [0.3, 0.4) is 0 Å². The van der Waals surface area contributed by atoms with Crippen molar-refractivity contribution in [2.24, 2.45) is 0 Å². The number of aromatic nitrogens is 1. The van der Waals surface area contributed by atoms with Gasteiger partial charge in [-0.1, -0.05) is 0 Å². The van der Waals surface area contributed by atoms with Crippen LogP contribution in [0.4, 0.5) is 0 Å². The van der Waals surface area contributed by atoms with Crippen molar-refractivity contribution in [3.63, 3.8) is 0 Å². The van der Waals surface area contributed by atoms with Gasteiger partial charge in [-0.2, -0.15) is 5.26 Å². The largest absolute Gasteiger partial charge is 0.480 e. The van der Waals surface area contributed by atoms with Crippen LogP contribution in [-0.4, -0.2) is 90.1 Å². The molecule has 1 aliphatic heterocycles. The Morgan fingerprint density at radius 1 is 1.31 bits per heavy atom. The molecule has 3 rings (SSSR count). The lowest BCUT2D eigenvalue weighted by Crippen LogP contribution is -2.51. The number of benzene rings is 1. The van der Waals surface area contributed by atoms with E-state index in [2.05, 4.69) is 4.98 Å². The highest BCUT2D eigenvalue weighted by molar-refractivity contribution is 5.90. The lowest BCUT2D eigenvalue weighted by atomic mass is 10.0. The summed E-state index contributed by atoms with van der Waals surface area (Å²) in [6.45, 7) is 2.63. The first-order chi connectivity index (χ1) is 13.9. The molecule has 0 spiro atoms. The number of likely N-dealkylation sites (N-methyl/N-ethyl adjacent to an activating group) is 1. The molecule has 1 aromatic heterocycles. The average molecular weight is 399 g/mol. The Morgan fingerprint density at radius 3 is 2.66 bits per heavy atom. The smallest absolute Gasteiger partial charge is 0.325 e. The van der Waals surface area contributed by atoms with Crippen LogP contribution in [0.1, 0.15) is 11.6 Å². The van der Waals surface area contributed by atoms with Gasteiger partial charge in [0.15, 0.2) is 6.61 Å². The van der Waals surface area contributed by atoms with Crippen molar-refractivity contribution < 1.29 is 19.4 Å². The summed E-state index contributed by atoms with van der Waals surface area (Å²) in [4.78, 5) is 32.7. The highest BCUT2D eigenvalue weighted by Gasteiger charge is 2.32. The molecule has 0 bridgehead atoms. The lowest BCUT2D eigenvalue weighted by molar-refractivity contribution is -0.145. The number of nitrogens with zero attached hydrogens (tertiary/aromatic N) is 4. The molecule has 0 unspecified atom stereocenters. The highest BCUT2D eigenvalue weighted by Crippen LogP contribution is 2.31. The molecule has 9 heteroatoms. The SMILES string of the molecule is CN(C)C(=O)CN1CCN([C@@H](C(=O)O)c2c[nH]c3ccc(OCC#N)cc23)CC1. The van der Waals surface area contributed by atoms with Gasteiger partial charge < -0.3 is 19.7 Å². The minimum Gasteiger partial charge on any atom is -0.480 e. The molecule has 1 fully saturated rings. The van der Waals surface area contributed by atoms with Crippen molar-refractivity contribution in [1.82, 2.24) is 19.7 Å². The number of aromatic amines is 1. The van der Waals surface area contributed by atoms with Crippen LogP contribution in [0.15, 0.2) is 24.4 Å². The number of ether oxygens (including phenoxy) is 1. The minimum atomic E-state index is -0.924. The molecule has 29 heavy (non-hydrogen) atoms. The number of piperazine rings is 1. The van der Waals surface area contributed by atoms with E-state index in [1.54, 1.807) is 37.3 Å². The number of carbonyl (C=O) groups is 2. The van der Waals surface area contributed by atoms with Gasteiger partial charge in [-0.05, 0) is 18.2 Å². The third kappa shape index (κ3) is 4.67. The van der Waals surface area contributed by atoms with Crippen LogP contribution in [0, 0.1) is 11.3 Å². The maximum Gasteiger partial charge on any atom is 0.325 e. The number of carboxylic acid groups (broad SMARTS) is 1. The Balaban J connectivity index is 1.78. The number of carbonyl (C=O) groups excluding carboxylic acids is 1. The molecule has 1 aromatic carbocycles. The summed E-state index contributed by atoms with van der Waals surface area (Å²) >= 11 is 0. The molecule has 0 saturated carbocycles. The van der Waals surface area contributed by atoms with E-state index in [0.717, 1.165) is 10.9 Å². The van der Waals surface area contributed by atoms with E-state index in [4.69, 9.17) is 10.00 Å². The molecule has 0 radical (unpaired) electrons. The van der Waals surface area contributed by atoms with Crippen molar-refractivity contribution in [3.05, 3.63) is 30.0 Å². The third-order valence-electron chi connectivity index (χ3n) is 5.15. The average Bonchev–Trinajstić information content (AvgIpc) is 3.10. The van der Waals surface area contributed by atoms with Crippen LogP contribution in [0.2, 0.25) is 0 Å². The first kappa shape index (κ1) is 20.6. The van der Waals surface area contributed by atoms with E-state index in [0.29, 0.717) is 44.0 Å². The minimum absolute atomic E-state index is 0.0368. The number of aliphatic carboxylic acids is 1. The first-order valence-electron chi connectivity index (χ1n) is 9.41. The molecule has 1 aliphatic rings. The summed E-state index contributed by atoms with van der Waals surface area (Å²) in [6, 6.07) is 6.45. The van der Waals surface area contributed by atoms with Crippen LogP contribution in [0.5, 0.6) is 5.75 Å². The van der Waals surface area contributed by atoms with Gasteiger partial charge in [0.05, 0.1) is 6.54 Å². The van der Waals surface area contributed by atoms with E-state index in [1.807, 2.05) is 21.9 Å². The molecule has 154 valence electrons. The second-order valence-corrected chi connectivity index (χ2v) is 7.24. The zero-order valence-corrected chi connectivity index (χ0v) is 16.6. The Labute approximate surface area is 169 Å². The summed E-state index contributed by atoms with van der Waals surface area (Å²) in [6.07, 6.45) is 1.72. The fraction of sp³-hybridized carbons (Fsp3) is 0.450. The Kier molecular flexibility index (Phi) is 6.36. The van der Waals surface area contributed by atoms with Gasteiger partial charge in [-0.25, -0.2) is 0 Å². The number of H-pyrrole nitrogens is 1. The molecule has 0 aliphatic carbocycles. The number of amides is 1. The lowest BCUT2D eigenvalue weighted by Gasteiger charge is -2.37. The Morgan fingerprint density at radius 2 is 2.03 bits per heavy atom. The van der Waals surface area contributed by atoms with E-state index in [9.17, 15) is 14.7 Å². The normalized spacial score (nSPS) is 16.3. The number of carboxylic acids is 1. The molecular weight excluding hydrogens is 374 g/mol. The van der Waals surface area contributed by atoms with Crippen LogP contribution in [0.25, 0.3) is 10.9 Å². The zero-order valence-electron chi connectivity index (χ0n) is 16.6. The summed E-state index contributed by atoms with van der Waals surface area (Å²) in [7, 11) is 3.45. The van der Waals surface area contributed by atoms with Gasteiger partial charge in [0, 0.05) is 62.9 Å². The van der Waals surface area contributed by atoms with Crippen LogP contribution >= 0.6 is 0 Å². The van der Waals surface area contributed by atoms with Crippen LogP contribution < -0.4 is 4.74 Å². The van der Waals surface area contributed by atoms with Gasteiger partial charge in [-0.3, -0.25) is 19.4 Å². The number of hydrogen-bond donors (Lipinski definition) is 2. The van der Waals surface area contributed by atoms with E-state index in [1.165, 1.54) is 0 Å². The number of hydrogen-bond acceptors (Lipinski definition) is 6. The predicted octanol–water partition coefficient (Wildman–Crippen LogP) is 0.902. The molecule has 2 aromatic rings. The van der Waals surface area contributed by atoms with Crippen molar-refractivity contribution in [1.29, 1.82) is 5.26 Å². The Bertz CT molecular complexity index is 925. The van der Waals surface area contributed by atoms with Gasteiger partial charge >= 0.3 is 5.97 Å². The number of fused-ring (bicyclic) bond motifs is 1. The molecule has 9 nitrogen and oxygen atoms in total. The fourth-order valence-corrected chi connectivity index (χ4v) is 3.55. The number of nitrogens with one attached hydrogen (secondary N) is 1. The summed E-state index contributed by atoms with van der Waals surface area (Å²) in [5, 5.41) is 19.4. The first-order valence-corrected chi connectivity index (χ1v) is 9.41. The van der Waals surface area contributed by atoms with Crippen molar-refractivity contribution in [2.45, 2.75) is 6.04 Å². The maximum absolute atomic E-state index is 12.1. The van der Waals surface area contributed by atoms with Gasteiger partial charge in [-0.15, -0.1) is 0 Å². The van der Waals surface area contributed by atoms with Crippen LogP contribution in [-0.2, 0) is 9.59 Å². The standard InChI is InChI=1S/C20H25N5O4/c1-23(2)18(26)13-24-6-8-25(9-7-24)19(20(27)28)16-12-22-17-4-3-14(11-15(16)17)29-10-5-21/h3-4,11-12,19,22H,6-10,13H2,1-2H3,(H,27,28)/t19-/m1/s1. The highest BCUT2D eigenvalue weighted by atomic mass is 16.5. The predicted molar refractivity (Wildman–Crippen MR) is 106 cm³/mol. The second kappa shape index (κ2) is 8.94. The molecular formula is C20H25N5O4. The van der Waals surface area contributed by atoms with E-state index in [-0.39, 0.29) is 12.5 Å². The van der Waals surface area contributed by atoms with Crippen molar-refractivity contribution in [2.75, 3.05) is 53.4 Å². The molecule has 1 saturated heterocycles. The van der Waals surface area contributed by atoms with Gasteiger partial charge in [0.2, 0.25) is 5.91 Å². The molecule has 1 atom stereocenters. The number of nitriles is 1. The maximum atomic E-state index is 12.1. The third-order valence-corrected chi connectivity index (χ3v) is 5.15. The van der Waals surface area contributed by atoms with Gasteiger partial charge in [0.1, 0.15) is 17.9 Å². The monoisotopic (exact) mass is 399 g/mol. The van der Waals surface area contributed by atoms with E-state index < -0.39 is 12.0 Å². The summed E-state index contributed by atoms with van der Waals surface area (Å²) in [5.74, 6) is -0.363.